The van der Waals surface area contributed by atoms with Gasteiger partial charge in [0, 0.05) is 12.7 Å². The summed E-state index contributed by atoms with van der Waals surface area (Å²) in [4.78, 5) is 0. The highest BCUT2D eigenvalue weighted by molar-refractivity contribution is 14.1. The zero-order chi connectivity index (χ0) is 14.3. The van der Waals surface area contributed by atoms with Crippen molar-refractivity contribution in [2.24, 2.45) is 0 Å². The molecule has 0 fully saturated rings. The number of fused-ring (bicyclic) bond motifs is 1. The van der Waals surface area contributed by atoms with Crippen LogP contribution in [0.5, 0.6) is 0 Å². The Bertz CT molecular complexity index is 787. The number of alkyl halides is 1. The third-order valence-electron chi connectivity index (χ3n) is 3.09. The molecule has 0 aliphatic heterocycles. The van der Waals surface area contributed by atoms with Gasteiger partial charge in [-0.25, -0.2) is 4.39 Å². The van der Waals surface area contributed by atoms with E-state index in [0.717, 1.165) is 24.6 Å². The summed E-state index contributed by atoms with van der Waals surface area (Å²) in [5.74, 6) is -0.236. The molecular weight excluding hydrogens is 473 g/mol. The van der Waals surface area contributed by atoms with Crippen LogP contribution in [0, 0.1) is 9.39 Å². The molecule has 102 valence electrons. The van der Waals surface area contributed by atoms with Crippen LogP contribution in [0.2, 0.25) is 0 Å². The number of hydrogen-bond donors (Lipinski definition) is 0. The molecule has 3 aromatic rings. The van der Waals surface area contributed by atoms with Gasteiger partial charge in [-0.15, -0.1) is 22.9 Å². The topological polar surface area (TPSA) is 0 Å². The average Bonchev–Trinajstić information content (AvgIpc) is 2.83. The van der Waals surface area contributed by atoms with Gasteiger partial charge in [-0.1, -0.05) is 18.2 Å². The summed E-state index contributed by atoms with van der Waals surface area (Å²) in [6.45, 7) is 0. The maximum absolute atomic E-state index is 13.2. The molecule has 0 radical (unpaired) electrons. The number of hydrogen-bond acceptors (Lipinski definition) is 1. The first kappa shape index (κ1) is 14.8. The van der Waals surface area contributed by atoms with Crippen molar-refractivity contribution in [3.05, 3.63) is 66.8 Å². The van der Waals surface area contributed by atoms with Gasteiger partial charge in [0.15, 0.2) is 0 Å². The van der Waals surface area contributed by atoms with E-state index in [1.54, 1.807) is 17.4 Å². The highest BCUT2D eigenvalue weighted by Gasteiger charge is 2.18. The van der Waals surface area contributed by atoms with Gasteiger partial charge in [0.2, 0.25) is 0 Å². The number of rotatable bonds is 2. The summed E-state index contributed by atoms with van der Waals surface area (Å²) in [5.41, 5.74) is 2.01. The molecule has 0 saturated carbocycles. The molecule has 1 atom stereocenters. The fourth-order valence-corrected chi connectivity index (χ4v) is 5.18. The van der Waals surface area contributed by atoms with Crippen LogP contribution in [0.15, 0.2) is 46.3 Å². The molecule has 0 aliphatic carbocycles. The fraction of sp³-hybridized carbons (Fsp3) is 0.0667. The number of benzene rings is 2. The monoisotopic (exact) mass is 480 g/mol. The molecule has 0 bridgehead atoms. The van der Waals surface area contributed by atoms with Crippen molar-refractivity contribution in [1.29, 1.82) is 0 Å². The molecule has 20 heavy (non-hydrogen) atoms. The van der Waals surface area contributed by atoms with Crippen LogP contribution in [0.1, 0.15) is 16.5 Å². The van der Waals surface area contributed by atoms with Gasteiger partial charge in [0.05, 0.1) is 5.38 Å². The van der Waals surface area contributed by atoms with Crippen LogP contribution in [0.25, 0.3) is 10.1 Å². The van der Waals surface area contributed by atoms with Crippen LogP contribution in [0.4, 0.5) is 4.39 Å². The second-order valence-corrected chi connectivity index (χ2v) is 7.67. The predicted molar refractivity (Wildman–Crippen MR) is 96.3 cm³/mol. The first-order chi connectivity index (χ1) is 9.58. The Morgan fingerprint density at radius 3 is 2.75 bits per heavy atom. The molecule has 1 heterocycles. The Balaban J connectivity index is 2.13. The standard InChI is InChI=1S/C15H8BrClFIS/c16-12-3-1-2-9-11(7-20-15(9)12)14(17)10-5-4-8(18)6-13(10)19/h1-7,14H. The maximum atomic E-state index is 13.2. The van der Waals surface area contributed by atoms with E-state index >= 15 is 0 Å². The third-order valence-corrected chi connectivity index (χ3v) is 6.47. The van der Waals surface area contributed by atoms with E-state index in [-0.39, 0.29) is 11.2 Å². The Kier molecular flexibility index (Phi) is 4.36. The molecule has 2 aromatic carbocycles. The Labute approximate surface area is 147 Å². The van der Waals surface area contributed by atoms with Crippen molar-refractivity contribution in [3.63, 3.8) is 0 Å². The predicted octanol–water partition coefficient (Wildman–Crippen LogP) is 6.74. The van der Waals surface area contributed by atoms with Crippen molar-refractivity contribution in [3.8, 4) is 0 Å². The van der Waals surface area contributed by atoms with E-state index in [4.69, 9.17) is 11.6 Å². The molecule has 3 rings (SSSR count). The quantitative estimate of drug-likeness (QED) is 0.281. The second kappa shape index (κ2) is 5.91. The summed E-state index contributed by atoms with van der Waals surface area (Å²) in [7, 11) is 0. The average molecular weight is 482 g/mol. The van der Waals surface area contributed by atoms with Gasteiger partial charge >= 0.3 is 0 Å². The van der Waals surface area contributed by atoms with E-state index < -0.39 is 0 Å². The zero-order valence-electron chi connectivity index (χ0n) is 10.0. The molecule has 0 saturated heterocycles. The van der Waals surface area contributed by atoms with E-state index in [1.165, 1.54) is 16.8 Å². The van der Waals surface area contributed by atoms with E-state index in [9.17, 15) is 4.39 Å². The molecular formula is C15H8BrClFIS. The van der Waals surface area contributed by atoms with Gasteiger partial charge < -0.3 is 0 Å². The largest absolute Gasteiger partial charge is 0.207 e. The number of halogens is 4. The van der Waals surface area contributed by atoms with Gasteiger partial charge in [0.1, 0.15) is 5.82 Å². The molecule has 0 aliphatic rings. The molecule has 0 amide bonds. The van der Waals surface area contributed by atoms with Gasteiger partial charge in [-0.3, -0.25) is 0 Å². The van der Waals surface area contributed by atoms with Crippen molar-refractivity contribution in [2.45, 2.75) is 5.38 Å². The SMILES string of the molecule is Fc1ccc(C(Cl)c2csc3c(Br)cccc23)c(I)c1. The summed E-state index contributed by atoms with van der Waals surface area (Å²) < 4.78 is 16.3. The first-order valence-corrected chi connectivity index (χ1v) is 9.01. The van der Waals surface area contributed by atoms with Crippen molar-refractivity contribution in [2.75, 3.05) is 0 Å². The molecule has 5 heteroatoms. The van der Waals surface area contributed by atoms with Gasteiger partial charge in [-0.2, -0.15) is 0 Å². The maximum Gasteiger partial charge on any atom is 0.124 e. The minimum Gasteiger partial charge on any atom is -0.207 e. The zero-order valence-corrected chi connectivity index (χ0v) is 15.4. The second-order valence-electron chi connectivity index (χ2n) is 4.34. The fourth-order valence-electron chi connectivity index (χ4n) is 2.11. The third kappa shape index (κ3) is 2.63. The highest BCUT2D eigenvalue weighted by Crippen LogP contribution is 2.41. The minimum atomic E-state index is -0.273. The van der Waals surface area contributed by atoms with Crippen molar-refractivity contribution >= 4 is 71.5 Å². The molecule has 1 aromatic heterocycles. The normalized spacial score (nSPS) is 12.8. The summed E-state index contributed by atoms with van der Waals surface area (Å²) in [6, 6.07) is 10.8. The molecule has 0 N–H and O–H groups in total. The molecule has 0 nitrogen and oxygen atoms in total. The van der Waals surface area contributed by atoms with E-state index in [1.807, 2.05) is 12.1 Å². The van der Waals surface area contributed by atoms with Crippen LogP contribution in [-0.4, -0.2) is 0 Å². The smallest absolute Gasteiger partial charge is 0.124 e. The van der Waals surface area contributed by atoms with E-state index in [0.29, 0.717) is 0 Å². The summed E-state index contributed by atoms with van der Waals surface area (Å²) in [5, 5.41) is 2.95. The van der Waals surface area contributed by atoms with Crippen LogP contribution < -0.4 is 0 Å². The van der Waals surface area contributed by atoms with Crippen LogP contribution in [-0.2, 0) is 0 Å². The van der Waals surface area contributed by atoms with Crippen LogP contribution in [0.3, 0.4) is 0 Å². The molecule has 1 unspecified atom stereocenters. The first-order valence-electron chi connectivity index (χ1n) is 5.82. The van der Waals surface area contributed by atoms with Gasteiger partial charge in [-0.05, 0) is 78.6 Å². The Hall–Kier alpha value is -0.170. The Morgan fingerprint density at radius 2 is 2.00 bits per heavy atom. The van der Waals surface area contributed by atoms with Gasteiger partial charge in [0.25, 0.3) is 0 Å². The van der Waals surface area contributed by atoms with Crippen molar-refractivity contribution < 1.29 is 4.39 Å². The summed E-state index contributed by atoms with van der Waals surface area (Å²) in [6.07, 6.45) is 0. The van der Waals surface area contributed by atoms with Crippen molar-refractivity contribution in [1.82, 2.24) is 0 Å². The highest BCUT2D eigenvalue weighted by atomic mass is 127. The lowest BCUT2D eigenvalue weighted by Gasteiger charge is -2.11. The van der Waals surface area contributed by atoms with E-state index in [2.05, 4.69) is 50.0 Å². The lowest BCUT2D eigenvalue weighted by Crippen LogP contribution is -1.96. The lowest BCUT2D eigenvalue weighted by molar-refractivity contribution is 0.626. The van der Waals surface area contributed by atoms with Crippen LogP contribution >= 0.6 is 61.5 Å². The number of thiophene rings is 1. The Morgan fingerprint density at radius 1 is 1.20 bits per heavy atom. The summed E-state index contributed by atoms with van der Waals surface area (Å²) >= 11 is 14.0. The molecule has 0 spiro atoms. The lowest BCUT2D eigenvalue weighted by atomic mass is 10.0. The minimum absolute atomic E-state index is 0.236.